The van der Waals surface area contributed by atoms with E-state index in [-0.39, 0.29) is 12.3 Å². The lowest BCUT2D eigenvalue weighted by atomic mass is 10.1. The van der Waals surface area contributed by atoms with Crippen molar-refractivity contribution in [2.45, 2.75) is 13.3 Å². The number of carbonyl (C=O) groups excluding carboxylic acids is 1. The summed E-state index contributed by atoms with van der Waals surface area (Å²) in [5.74, 6) is 0.882. The number of amides is 1. The Labute approximate surface area is 131 Å². The summed E-state index contributed by atoms with van der Waals surface area (Å²) in [6, 6.07) is 0. The minimum Gasteiger partial charge on any atom is -0.495 e. The molecular weight excluding hydrogens is 312 g/mol. The van der Waals surface area contributed by atoms with E-state index >= 15 is 0 Å². The topological polar surface area (TPSA) is 88.5 Å². The van der Waals surface area contributed by atoms with Crippen LogP contribution in [-0.2, 0) is 4.79 Å². The zero-order valence-corrected chi connectivity index (χ0v) is 13.6. The molecule has 0 atom stereocenters. The normalized spacial score (nSPS) is 10.2. The Morgan fingerprint density at radius 3 is 2.71 bits per heavy atom. The van der Waals surface area contributed by atoms with Gasteiger partial charge in [-0.15, -0.1) is 0 Å². The van der Waals surface area contributed by atoms with Crippen molar-refractivity contribution in [3.8, 4) is 5.75 Å². The van der Waals surface area contributed by atoms with Crippen molar-refractivity contribution in [1.82, 2.24) is 10.3 Å². The molecule has 8 heteroatoms. The van der Waals surface area contributed by atoms with Crippen LogP contribution in [0.25, 0.3) is 0 Å². The third-order valence-electron chi connectivity index (χ3n) is 2.59. The molecule has 1 rings (SSSR count). The first kappa shape index (κ1) is 17.6. The number of hydrogen-bond acceptors (Lipinski definition) is 6. The molecule has 0 bridgehead atoms. The van der Waals surface area contributed by atoms with Gasteiger partial charge in [-0.05, 0) is 6.92 Å². The van der Waals surface area contributed by atoms with Crippen LogP contribution in [0.1, 0.15) is 22.3 Å². The number of carboxylic acid groups (broad SMARTS) is 1. The SMILES string of the molecule is COc1cncc(C(=O)NCCSSCCC(=O)O)c1C. The van der Waals surface area contributed by atoms with Crippen molar-refractivity contribution in [1.29, 1.82) is 0 Å². The van der Waals surface area contributed by atoms with E-state index in [0.29, 0.717) is 29.4 Å². The minimum atomic E-state index is -0.794. The number of hydrogen-bond donors (Lipinski definition) is 2. The highest BCUT2D eigenvalue weighted by Crippen LogP contribution is 2.21. The van der Waals surface area contributed by atoms with Crippen molar-refractivity contribution in [3.05, 3.63) is 23.5 Å². The highest BCUT2D eigenvalue weighted by Gasteiger charge is 2.12. The zero-order valence-electron chi connectivity index (χ0n) is 11.9. The standard InChI is InChI=1S/C13H18N2O4S2/c1-9-10(7-14-8-11(9)19-2)13(18)15-4-6-21-20-5-3-12(16)17/h7-8H,3-6H2,1-2H3,(H,15,18)(H,16,17). The predicted octanol–water partition coefficient (Wildman–Crippen LogP) is 1.98. The summed E-state index contributed by atoms with van der Waals surface area (Å²) in [7, 11) is 4.57. The Morgan fingerprint density at radius 1 is 1.33 bits per heavy atom. The maximum absolute atomic E-state index is 12.0. The summed E-state index contributed by atoms with van der Waals surface area (Å²) < 4.78 is 5.13. The third-order valence-corrected chi connectivity index (χ3v) is 5.00. The molecule has 0 unspecified atom stereocenters. The van der Waals surface area contributed by atoms with Crippen molar-refractivity contribution in [2.24, 2.45) is 0 Å². The maximum atomic E-state index is 12.0. The molecule has 0 saturated carbocycles. The van der Waals surface area contributed by atoms with Crippen LogP contribution in [0.15, 0.2) is 12.4 Å². The Hall–Kier alpha value is -1.41. The zero-order chi connectivity index (χ0) is 15.7. The maximum Gasteiger partial charge on any atom is 0.304 e. The third kappa shape index (κ3) is 6.26. The predicted molar refractivity (Wildman–Crippen MR) is 85.0 cm³/mol. The number of ether oxygens (including phenoxy) is 1. The fourth-order valence-electron chi connectivity index (χ4n) is 1.49. The van der Waals surface area contributed by atoms with Gasteiger partial charge in [0.15, 0.2) is 0 Å². The van der Waals surface area contributed by atoms with Crippen LogP contribution >= 0.6 is 21.6 Å². The Balaban J connectivity index is 2.30. The molecule has 116 valence electrons. The van der Waals surface area contributed by atoms with E-state index in [2.05, 4.69) is 10.3 Å². The smallest absolute Gasteiger partial charge is 0.304 e. The van der Waals surface area contributed by atoms with Gasteiger partial charge in [0.25, 0.3) is 5.91 Å². The molecule has 0 saturated heterocycles. The number of nitrogens with zero attached hydrogens (tertiary/aromatic N) is 1. The summed E-state index contributed by atoms with van der Waals surface area (Å²) in [5.41, 5.74) is 1.26. The van der Waals surface area contributed by atoms with Crippen LogP contribution in [0.5, 0.6) is 5.75 Å². The van der Waals surface area contributed by atoms with Crippen molar-refractivity contribution in [2.75, 3.05) is 25.2 Å². The van der Waals surface area contributed by atoms with Gasteiger partial charge in [-0.3, -0.25) is 14.6 Å². The van der Waals surface area contributed by atoms with Crippen LogP contribution in [0, 0.1) is 6.92 Å². The second-order valence-electron chi connectivity index (χ2n) is 4.06. The quantitative estimate of drug-likeness (QED) is 0.528. The van der Waals surface area contributed by atoms with Crippen LogP contribution in [0.2, 0.25) is 0 Å². The lowest BCUT2D eigenvalue weighted by Crippen LogP contribution is -2.26. The molecule has 0 aromatic carbocycles. The number of carbonyl (C=O) groups is 2. The Morgan fingerprint density at radius 2 is 2.05 bits per heavy atom. The molecule has 0 fully saturated rings. The largest absolute Gasteiger partial charge is 0.495 e. The second-order valence-corrected chi connectivity index (χ2v) is 6.76. The minimum absolute atomic E-state index is 0.151. The number of aliphatic carboxylic acids is 1. The molecule has 1 aromatic rings. The molecule has 1 amide bonds. The van der Waals surface area contributed by atoms with Crippen LogP contribution in [0.3, 0.4) is 0 Å². The van der Waals surface area contributed by atoms with E-state index in [1.54, 1.807) is 17.0 Å². The van der Waals surface area contributed by atoms with Gasteiger partial charge in [0.1, 0.15) is 5.75 Å². The number of methoxy groups -OCH3 is 1. The highest BCUT2D eigenvalue weighted by atomic mass is 33.1. The highest BCUT2D eigenvalue weighted by molar-refractivity contribution is 8.76. The molecular formula is C13H18N2O4S2. The van der Waals surface area contributed by atoms with Gasteiger partial charge in [0.05, 0.1) is 25.3 Å². The molecule has 21 heavy (non-hydrogen) atoms. The number of pyridine rings is 1. The average molecular weight is 330 g/mol. The van der Waals surface area contributed by atoms with Crippen molar-refractivity contribution >= 4 is 33.5 Å². The summed E-state index contributed by atoms with van der Waals surface area (Å²) >= 11 is 0. The second kappa shape index (κ2) is 9.51. The first-order chi connectivity index (χ1) is 10.1. The first-order valence-electron chi connectivity index (χ1n) is 6.29. The van der Waals surface area contributed by atoms with Gasteiger partial charge in [0.2, 0.25) is 0 Å². The van der Waals surface area contributed by atoms with Gasteiger partial charge in [0, 0.05) is 29.8 Å². The van der Waals surface area contributed by atoms with E-state index in [1.165, 1.54) is 24.1 Å². The van der Waals surface area contributed by atoms with Gasteiger partial charge in [-0.1, -0.05) is 21.6 Å². The lowest BCUT2D eigenvalue weighted by molar-refractivity contribution is -0.136. The number of aromatic nitrogens is 1. The van der Waals surface area contributed by atoms with Gasteiger partial charge < -0.3 is 15.2 Å². The molecule has 0 radical (unpaired) electrons. The van der Waals surface area contributed by atoms with E-state index < -0.39 is 5.97 Å². The number of nitrogens with one attached hydrogen (secondary N) is 1. The van der Waals surface area contributed by atoms with Crippen molar-refractivity contribution < 1.29 is 19.4 Å². The Kier molecular flexibility index (Phi) is 7.99. The number of rotatable bonds is 9. The van der Waals surface area contributed by atoms with E-state index in [4.69, 9.17) is 9.84 Å². The van der Waals surface area contributed by atoms with Crippen LogP contribution in [0.4, 0.5) is 0 Å². The van der Waals surface area contributed by atoms with Crippen LogP contribution < -0.4 is 10.1 Å². The summed E-state index contributed by atoms with van der Waals surface area (Å²) in [4.78, 5) is 26.3. The van der Waals surface area contributed by atoms with Crippen LogP contribution in [-0.4, -0.2) is 47.1 Å². The molecule has 1 aromatic heterocycles. The molecule has 2 N–H and O–H groups in total. The molecule has 1 heterocycles. The Bertz CT molecular complexity index is 497. The lowest BCUT2D eigenvalue weighted by Gasteiger charge is -2.09. The molecule has 0 aliphatic carbocycles. The summed E-state index contributed by atoms with van der Waals surface area (Å²) in [6.07, 6.45) is 3.24. The van der Waals surface area contributed by atoms with Gasteiger partial charge in [-0.2, -0.15) is 0 Å². The van der Waals surface area contributed by atoms with E-state index in [9.17, 15) is 9.59 Å². The summed E-state index contributed by atoms with van der Waals surface area (Å²) in [6.45, 7) is 2.33. The molecule has 6 nitrogen and oxygen atoms in total. The van der Waals surface area contributed by atoms with E-state index in [1.807, 2.05) is 6.92 Å². The molecule has 0 spiro atoms. The average Bonchev–Trinajstić information content (AvgIpc) is 2.46. The first-order valence-corrected chi connectivity index (χ1v) is 8.78. The van der Waals surface area contributed by atoms with Gasteiger partial charge >= 0.3 is 5.97 Å². The van der Waals surface area contributed by atoms with Gasteiger partial charge in [-0.25, -0.2) is 0 Å². The summed E-state index contributed by atoms with van der Waals surface area (Å²) in [5, 5.41) is 11.3. The number of carboxylic acids is 1. The monoisotopic (exact) mass is 330 g/mol. The fraction of sp³-hybridized carbons (Fsp3) is 0.462. The fourth-order valence-corrected chi connectivity index (χ4v) is 3.38. The van der Waals surface area contributed by atoms with E-state index in [0.717, 1.165) is 5.56 Å². The molecule has 0 aliphatic heterocycles. The molecule has 0 aliphatic rings. The van der Waals surface area contributed by atoms with Crippen molar-refractivity contribution in [3.63, 3.8) is 0 Å².